The maximum Gasteiger partial charge on any atom is 0.240 e. The first-order valence-corrected chi connectivity index (χ1v) is 10.4. The molecular formula is C18H18N2O2S2. The van der Waals surface area contributed by atoms with Crippen molar-refractivity contribution in [2.75, 3.05) is 0 Å². The number of fused-ring (bicyclic) bond motifs is 2. The second-order valence-corrected chi connectivity index (χ2v) is 8.92. The molecule has 0 spiro atoms. The monoisotopic (exact) mass is 358 g/mol. The molecule has 1 aliphatic carbocycles. The lowest BCUT2D eigenvalue weighted by atomic mass is 9.92. The summed E-state index contributed by atoms with van der Waals surface area (Å²) in [4.78, 5) is 4.82. The Labute approximate surface area is 145 Å². The van der Waals surface area contributed by atoms with Gasteiger partial charge in [-0.2, -0.15) is 0 Å². The Morgan fingerprint density at radius 1 is 1.04 bits per heavy atom. The van der Waals surface area contributed by atoms with Crippen LogP contribution in [-0.4, -0.2) is 13.4 Å². The Hall–Kier alpha value is -1.76. The molecule has 1 aliphatic rings. The Balaban J connectivity index is 1.54. The highest BCUT2D eigenvalue weighted by atomic mass is 32.2. The highest BCUT2D eigenvalue weighted by molar-refractivity contribution is 7.89. The van der Waals surface area contributed by atoms with E-state index < -0.39 is 10.0 Å². The van der Waals surface area contributed by atoms with Crippen LogP contribution in [0.15, 0.2) is 47.4 Å². The number of benzene rings is 2. The molecule has 6 heteroatoms. The van der Waals surface area contributed by atoms with Gasteiger partial charge in [-0.3, -0.25) is 0 Å². The van der Waals surface area contributed by atoms with E-state index in [0.29, 0.717) is 4.90 Å². The van der Waals surface area contributed by atoms with Gasteiger partial charge in [-0.15, -0.1) is 11.3 Å². The van der Waals surface area contributed by atoms with E-state index in [2.05, 4.69) is 9.71 Å². The first kappa shape index (κ1) is 15.7. The predicted octanol–water partition coefficient (Wildman–Crippen LogP) is 3.65. The Bertz CT molecular complexity index is 960. The third kappa shape index (κ3) is 3.09. The lowest BCUT2D eigenvalue weighted by Crippen LogP contribution is -2.23. The van der Waals surface area contributed by atoms with E-state index in [9.17, 15) is 8.42 Å². The van der Waals surface area contributed by atoms with Crippen molar-refractivity contribution < 1.29 is 8.42 Å². The molecule has 0 amide bonds. The summed E-state index contributed by atoms with van der Waals surface area (Å²) in [7, 11) is -3.51. The number of hydrogen-bond acceptors (Lipinski definition) is 4. The largest absolute Gasteiger partial charge is 0.240 e. The SMILES string of the molecule is O=S(=O)(NCc1nc2ccccc2s1)c1ccc2c(c1)CCCC2. The van der Waals surface area contributed by atoms with E-state index in [1.165, 1.54) is 28.9 Å². The number of rotatable bonds is 4. The van der Waals surface area contributed by atoms with E-state index in [1.807, 2.05) is 36.4 Å². The molecule has 0 fully saturated rings. The van der Waals surface area contributed by atoms with Gasteiger partial charge in [0.05, 0.1) is 21.7 Å². The number of thiazole rings is 1. The van der Waals surface area contributed by atoms with Crippen molar-refractivity contribution >= 4 is 31.6 Å². The molecule has 1 aromatic heterocycles. The van der Waals surface area contributed by atoms with Gasteiger partial charge in [0.15, 0.2) is 0 Å². The number of aromatic nitrogens is 1. The molecule has 0 saturated carbocycles. The molecule has 0 bridgehead atoms. The minimum atomic E-state index is -3.51. The molecule has 4 nitrogen and oxygen atoms in total. The molecule has 0 radical (unpaired) electrons. The van der Waals surface area contributed by atoms with Crippen LogP contribution >= 0.6 is 11.3 Å². The summed E-state index contributed by atoms with van der Waals surface area (Å²) in [5.74, 6) is 0. The molecule has 1 N–H and O–H groups in total. The summed E-state index contributed by atoms with van der Waals surface area (Å²) in [5, 5.41) is 0.776. The zero-order chi connectivity index (χ0) is 16.6. The fraction of sp³-hybridized carbons (Fsp3) is 0.278. The van der Waals surface area contributed by atoms with Crippen molar-refractivity contribution in [3.8, 4) is 0 Å². The minimum absolute atomic E-state index is 0.221. The number of hydrogen-bond donors (Lipinski definition) is 1. The van der Waals surface area contributed by atoms with E-state index in [4.69, 9.17) is 0 Å². The van der Waals surface area contributed by atoms with Gasteiger partial charge < -0.3 is 0 Å². The van der Waals surface area contributed by atoms with Gasteiger partial charge in [-0.25, -0.2) is 18.1 Å². The third-order valence-electron chi connectivity index (χ3n) is 4.38. The molecule has 3 aromatic rings. The summed E-state index contributed by atoms with van der Waals surface area (Å²) in [5.41, 5.74) is 3.36. The smallest absolute Gasteiger partial charge is 0.240 e. The first-order valence-electron chi connectivity index (χ1n) is 8.08. The summed E-state index contributed by atoms with van der Waals surface area (Å²) in [6.45, 7) is 0.221. The van der Waals surface area contributed by atoms with Crippen LogP contribution in [0, 0.1) is 0 Å². The van der Waals surface area contributed by atoms with E-state index in [1.54, 1.807) is 6.07 Å². The van der Waals surface area contributed by atoms with Crippen LogP contribution in [0.5, 0.6) is 0 Å². The molecule has 124 valence electrons. The fourth-order valence-electron chi connectivity index (χ4n) is 3.11. The molecule has 4 rings (SSSR count). The summed E-state index contributed by atoms with van der Waals surface area (Å²) in [6.07, 6.45) is 4.34. The van der Waals surface area contributed by atoms with Crippen molar-refractivity contribution in [3.63, 3.8) is 0 Å². The van der Waals surface area contributed by atoms with Crippen molar-refractivity contribution in [1.29, 1.82) is 0 Å². The highest BCUT2D eigenvalue weighted by Gasteiger charge is 2.18. The second kappa shape index (κ2) is 6.27. The zero-order valence-corrected chi connectivity index (χ0v) is 14.8. The fourth-order valence-corrected chi connectivity index (χ4v) is 5.15. The normalized spacial score (nSPS) is 14.7. The molecule has 0 saturated heterocycles. The van der Waals surface area contributed by atoms with Crippen LogP contribution in [-0.2, 0) is 29.4 Å². The quantitative estimate of drug-likeness (QED) is 0.774. The Morgan fingerprint density at radius 2 is 1.83 bits per heavy atom. The average molecular weight is 358 g/mol. The van der Waals surface area contributed by atoms with Gasteiger partial charge in [0.1, 0.15) is 5.01 Å². The van der Waals surface area contributed by atoms with Crippen LogP contribution < -0.4 is 4.72 Å². The van der Waals surface area contributed by atoms with Gasteiger partial charge in [0.25, 0.3) is 0 Å². The lowest BCUT2D eigenvalue weighted by molar-refractivity contribution is 0.580. The van der Waals surface area contributed by atoms with Crippen LogP contribution in [0.3, 0.4) is 0 Å². The lowest BCUT2D eigenvalue weighted by Gasteiger charge is -2.16. The van der Waals surface area contributed by atoms with Crippen molar-refractivity contribution in [2.45, 2.75) is 37.1 Å². The number of aryl methyl sites for hydroxylation is 2. The predicted molar refractivity (Wildman–Crippen MR) is 96.7 cm³/mol. The molecular weight excluding hydrogens is 340 g/mol. The molecule has 0 aliphatic heterocycles. The maximum atomic E-state index is 12.6. The summed E-state index contributed by atoms with van der Waals surface area (Å²) < 4.78 is 28.9. The van der Waals surface area contributed by atoms with E-state index >= 15 is 0 Å². The van der Waals surface area contributed by atoms with E-state index in [-0.39, 0.29) is 6.54 Å². The first-order chi connectivity index (χ1) is 11.6. The highest BCUT2D eigenvalue weighted by Crippen LogP contribution is 2.25. The molecule has 0 atom stereocenters. The molecule has 2 aromatic carbocycles. The van der Waals surface area contributed by atoms with Crippen molar-refractivity contribution in [2.24, 2.45) is 0 Å². The molecule has 24 heavy (non-hydrogen) atoms. The Kier molecular flexibility index (Phi) is 4.12. The number of nitrogens with one attached hydrogen (secondary N) is 1. The van der Waals surface area contributed by atoms with Crippen LogP contribution in [0.25, 0.3) is 10.2 Å². The van der Waals surface area contributed by atoms with E-state index in [0.717, 1.165) is 34.5 Å². The summed E-state index contributed by atoms with van der Waals surface area (Å²) >= 11 is 1.52. The topological polar surface area (TPSA) is 59.1 Å². The van der Waals surface area contributed by atoms with Gasteiger partial charge in [-0.05, 0) is 61.1 Å². The van der Waals surface area contributed by atoms with Crippen molar-refractivity contribution in [1.82, 2.24) is 9.71 Å². The van der Waals surface area contributed by atoms with Gasteiger partial charge >= 0.3 is 0 Å². The van der Waals surface area contributed by atoms with Gasteiger partial charge in [0.2, 0.25) is 10.0 Å². The molecule has 0 unspecified atom stereocenters. The van der Waals surface area contributed by atoms with Crippen molar-refractivity contribution in [3.05, 3.63) is 58.6 Å². The standard InChI is InChI=1S/C18H18N2O2S2/c21-24(22,15-10-9-13-5-1-2-6-14(13)11-15)19-12-18-20-16-7-3-4-8-17(16)23-18/h3-4,7-11,19H,1-2,5-6,12H2. The zero-order valence-electron chi connectivity index (χ0n) is 13.2. The summed E-state index contributed by atoms with van der Waals surface area (Å²) in [6, 6.07) is 13.3. The van der Waals surface area contributed by atoms with Crippen LogP contribution in [0.1, 0.15) is 29.0 Å². The number of sulfonamides is 1. The third-order valence-corrected chi connectivity index (χ3v) is 6.82. The number of nitrogens with zero attached hydrogens (tertiary/aromatic N) is 1. The average Bonchev–Trinajstić information content (AvgIpc) is 3.03. The maximum absolute atomic E-state index is 12.6. The van der Waals surface area contributed by atoms with Crippen LogP contribution in [0.4, 0.5) is 0 Å². The van der Waals surface area contributed by atoms with Gasteiger partial charge in [0, 0.05) is 0 Å². The number of para-hydroxylation sites is 1. The van der Waals surface area contributed by atoms with Crippen LogP contribution in [0.2, 0.25) is 0 Å². The van der Waals surface area contributed by atoms with Gasteiger partial charge in [-0.1, -0.05) is 18.2 Å². The minimum Gasteiger partial charge on any atom is -0.240 e. The Morgan fingerprint density at radius 3 is 2.67 bits per heavy atom. The molecule has 1 heterocycles. The second-order valence-electron chi connectivity index (χ2n) is 6.04.